The van der Waals surface area contributed by atoms with Crippen LogP contribution >= 0.6 is 0 Å². The van der Waals surface area contributed by atoms with Crippen molar-refractivity contribution in [2.45, 2.75) is 45.6 Å². The Balaban J connectivity index is 2.48. The van der Waals surface area contributed by atoms with Crippen LogP contribution in [0.15, 0.2) is 18.2 Å². The van der Waals surface area contributed by atoms with Crippen molar-refractivity contribution < 1.29 is 9.47 Å². The van der Waals surface area contributed by atoms with Crippen molar-refractivity contribution in [1.29, 1.82) is 0 Å². The van der Waals surface area contributed by atoms with Gasteiger partial charge in [0.05, 0.1) is 19.8 Å². The summed E-state index contributed by atoms with van der Waals surface area (Å²) in [6.45, 7) is 5.49. The van der Waals surface area contributed by atoms with E-state index in [2.05, 4.69) is 19.2 Å². The highest BCUT2D eigenvalue weighted by molar-refractivity contribution is 5.48. The molecule has 1 unspecified atom stereocenters. The van der Waals surface area contributed by atoms with Crippen LogP contribution in [-0.2, 0) is 0 Å². The quantitative estimate of drug-likeness (QED) is 0.854. The molecule has 0 aliphatic heterocycles. The molecular formula is C17H27NO2. The first-order valence-electron chi connectivity index (χ1n) is 7.60. The molecule has 1 saturated carbocycles. The van der Waals surface area contributed by atoms with Crippen LogP contribution in [-0.4, -0.2) is 20.8 Å². The number of hydrogen-bond donors (Lipinski definition) is 1. The van der Waals surface area contributed by atoms with Crippen LogP contribution in [0.2, 0.25) is 0 Å². The zero-order valence-corrected chi connectivity index (χ0v) is 13.2. The molecule has 1 aromatic rings. The summed E-state index contributed by atoms with van der Waals surface area (Å²) in [5, 5.41) is 3.67. The average Bonchev–Trinajstić information content (AvgIpc) is 2.91. The minimum absolute atomic E-state index is 0.276. The van der Waals surface area contributed by atoms with Crippen molar-refractivity contribution in [3.05, 3.63) is 23.8 Å². The van der Waals surface area contributed by atoms with E-state index in [1.807, 2.05) is 18.2 Å². The molecule has 0 spiro atoms. The first kappa shape index (κ1) is 15.2. The van der Waals surface area contributed by atoms with E-state index < -0.39 is 0 Å². The van der Waals surface area contributed by atoms with Crippen molar-refractivity contribution in [2.24, 2.45) is 5.41 Å². The maximum absolute atomic E-state index is 5.60. The molecule has 2 rings (SSSR count). The van der Waals surface area contributed by atoms with E-state index in [0.29, 0.717) is 0 Å². The molecule has 1 aromatic carbocycles. The van der Waals surface area contributed by atoms with Crippen LogP contribution in [0.3, 0.4) is 0 Å². The zero-order valence-electron chi connectivity index (χ0n) is 13.2. The van der Waals surface area contributed by atoms with Gasteiger partial charge in [0.25, 0.3) is 0 Å². The summed E-state index contributed by atoms with van der Waals surface area (Å²) in [6.07, 6.45) is 5.14. The van der Waals surface area contributed by atoms with Gasteiger partial charge in [0.2, 0.25) is 0 Å². The molecule has 1 atom stereocenters. The second kappa shape index (κ2) is 6.49. The smallest absolute Gasteiger partial charge is 0.127 e. The van der Waals surface area contributed by atoms with E-state index >= 15 is 0 Å². The van der Waals surface area contributed by atoms with Crippen LogP contribution in [0.1, 0.15) is 51.1 Å². The standard InChI is InChI=1S/C17H27NO2/c1-5-18-16(17(2)11-6-7-12-17)15-13(19-3)9-8-10-14(15)20-4/h8-10,16,18H,5-7,11-12H2,1-4H3. The maximum atomic E-state index is 5.60. The molecule has 3 heteroatoms. The molecule has 20 heavy (non-hydrogen) atoms. The van der Waals surface area contributed by atoms with Gasteiger partial charge in [0.1, 0.15) is 11.5 Å². The molecule has 0 radical (unpaired) electrons. The monoisotopic (exact) mass is 277 g/mol. The Morgan fingerprint density at radius 2 is 1.70 bits per heavy atom. The third-order valence-electron chi connectivity index (χ3n) is 4.61. The van der Waals surface area contributed by atoms with E-state index in [9.17, 15) is 0 Å². The number of benzene rings is 1. The van der Waals surface area contributed by atoms with Gasteiger partial charge in [0.15, 0.2) is 0 Å². The van der Waals surface area contributed by atoms with Gasteiger partial charge < -0.3 is 14.8 Å². The highest BCUT2D eigenvalue weighted by Gasteiger charge is 2.40. The summed E-state index contributed by atoms with van der Waals surface area (Å²) < 4.78 is 11.2. The fourth-order valence-electron chi connectivity index (χ4n) is 3.54. The number of methoxy groups -OCH3 is 2. The molecule has 1 aliphatic rings. The van der Waals surface area contributed by atoms with Crippen LogP contribution in [0.4, 0.5) is 0 Å². The first-order valence-corrected chi connectivity index (χ1v) is 7.60. The topological polar surface area (TPSA) is 30.5 Å². The Labute approximate surface area is 122 Å². The molecule has 1 aliphatic carbocycles. The van der Waals surface area contributed by atoms with Crippen LogP contribution in [0.25, 0.3) is 0 Å². The number of hydrogen-bond acceptors (Lipinski definition) is 3. The lowest BCUT2D eigenvalue weighted by molar-refractivity contribution is 0.215. The van der Waals surface area contributed by atoms with Crippen molar-refractivity contribution in [1.82, 2.24) is 5.32 Å². The minimum atomic E-state index is 0.276. The van der Waals surface area contributed by atoms with E-state index in [1.54, 1.807) is 14.2 Å². The Bertz CT molecular complexity index is 416. The molecule has 112 valence electrons. The van der Waals surface area contributed by atoms with Gasteiger partial charge in [-0.3, -0.25) is 0 Å². The first-order chi connectivity index (χ1) is 9.66. The lowest BCUT2D eigenvalue weighted by atomic mass is 9.76. The molecule has 0 heterocycles. The Morgan fingerprint density at radius 3 is 2.15 bits per heavy atom. The van der Waals surface area contributed by atoms with E-state index in [4.69, 9.17) is 9.47 Å². The predicted octanol–water partition coefficient (Wildman–Crippen LogP) is 3.93. The summed E-state index contributed by atoms with van der Waals surface area (Å²) in [5.41, 5.74) is 1.45. The van der Waals surface area contributed by atoms with Gasteiger partial charge in [-0.15, -0.1) is 0 Å². The fourth-order valence-corrected chi connectivity index (χ4v) is 3.54. The molecule has 0 bridgehead atoms. The second-order valence-corrected chi connectivity index (χ2v) is 5.93. The molecular weight excluding hydrogens is 250 g/mol. The molecule has 0 saturated heterocycles. The average molecular weight is 277 g/mol. The van der Waals surface area contributed by atoms with Gasteiger partial charge in [0, 0.05) is 6.04 Å². The number of nitrogens with one attached hydrogen (secondary N) is 1. The van der Waals surface area contributed by atoms with Crippen LogP contribution < -0.4 is 14.8 Å². The Hall–Kier alpha value is -1.22. The van der Waals surface area contributed by atoms with Crippen LogP contribution in [0, 0.1) is 5.41 Å². The summed E-state index contributed by atoms with van der Waals surface area (Å²) in [4.78, 5) is 0. The minimum Gasteiger partial charge on any atom is -0.496 e. The lowest BCUT2D eigenvalue weighted by Gasteiger charge is -2.36. The summed E-state index contributed by atoms with van der Waals surface area (Å²) >= 11 is 0. The van der Waals surface area contributed by atoms with Gasteiger partial charge >= 0.3 is 0 Å². The SMILES string of the molecule is CCNC(c1c(OC)cccc1OC)C1(C)CCCC1. The highest BCUT2D eigenvalue weighted by Crippen LogP contribution is 2.51. The van der Waals surface area contributed by atoms with Crippen molar-refractivity contribution in [3.63, 3.8) is 0 Å². The Morgan fingerprint density at radius 1 is 1.15 bits per heavy atom. The third kappa shape index (κ3) is 2.78. The summed E-state index contributed by atoms with van der Waals surface area (Å²) in [5.74, 6) is 1.84. The fraction of sp³-hybridized carbons (Fsp3) is 0.647. The van der Waals surface area contributed by atoms with E-state index in [0.717, 1.165) is 18.0 Å². The zero-order chi connectivity index (χ0) is 14.6. The summed E-state index contributed by atoms with van der Waals surface area (Å²) in [6, 6.07) is 6.32. The lowest BCUT2D eigenvalue weighted by Crippen LogP contribution is -2.35. The van der Waals surface area contributed by atoms with Crippen molar-refractivity contribution in [2.75, 3.05) is 20.8 Å². The normalized spacial score (nSPS) is 18.8. The van der Waals surface area contributed by atoms with Crippen molar-refractivity contribution in [3.8, 4) is 11.5 Å². The van der Waals surface area contributed by atoms with Gasteiger partial charge in [-0.05, 0) is 36.9 Å². The molecule has 1 fully saturated rings. The summed E-state index contributed by atoms with van der Waals surface area (Å²) in [7, 11) is 3.47. The maximum Gasteiger partial charge on any atom is 0.127 e. The molecule has 1 N–H and O–H groups in total. The Kier molecular flexibility index (Phi) is 4.92. The molecule has 0 amide bonds. The molecule has 3 nitrogen and oxygen atoms in total. The third-order valence-corrected chi connectivity index (χ3v) is 4.61. The number of ether oxygens (including phenoxy) is 2. The molecule has 0 aromatic heterocycles. The largest absolute Gasteiger partial charge is 0.496 e. The van der Waals surface area contributed by atoms with Crippen LogP contribution in [0.5, 0.6) is 11.5 Å². The second-order valence-electron chi connectivity index (χ2n) is 5.93. The number of rotatable bonds is 6. The predicted molar refractivity (Wildman–Crippen MR) is 82.5 cm³/mol. The van der Waals surface area contributed by atoms with Gasteiger partial charge in [-0.1, -0.05) is 32.8 Å². The van der Waals surface area contributed by atoms with Gasteiger partial charge in [-0.2, -0.15) is 0 Å². The van der Waals surface area contributed by atoms with E-state index in [-0.39, 0.29) is 11.5 Å². The highest BCUT2D eigenvalue weighted by atomic mass is 16.5. The van der Waals surface area contributed by atoms with Crippen molar-refractivity contribution >= 4 is 0 Å². The van der Waals surface area contributed by atoms with E-state index in [1.165, 1.54) is 31.2 Å². The van der Waals surface area contributed by atoms with Gasteiger partial charge in [-0.25, -0.2) is 0 Å².